The first kappa shape index (κ1) is 19.3. The van der Waals surface area contributed by atoms with Gasteiger partial charge in [0.15, 0.2) is 0 Å². The molecule has 1 heterocycles. The Morgan fingerprint density at radius 3 is 2.35 bits per heavy atom. The summed E-state index contributed by atoms with van der Waals surface area (Å²) in [5, 5.41) is 2.51. The van der Waals surface area contributed by atoms with E-state index in [1.807, 2.05) is 0 Å². The number of amides is 1. The molecule has 0 bridgehead atoms. The second-order valence-electron chi connectivity index (χ2n) is 5.51. The van der Waals surface area contributed by atoms with Crippen LogP contribution in [0.5, 0.6) is 5.88 Å². The van der Waals surface area contributed by atoms with Crippen molar-refractivity contribution in [2.45, 2.75) is 18.9 Å². The van der Waals surface area contributed by atoms with Crippen LogP contribution in [0.25, 0.3) is 0 Å². The summed E-state index contributed by atoms with van der Waals surface area (Å²) in [7, 11) is 2.68. The quantitative estimate of drug-likeness (QED) is 0.759. The average Bonchev–Trinajstić information content (AvgIpc) is 2.60. The lowest BCUT2D eigenvalue weighted by Gasteiger charge is -2.16. The Bertz CT molecular complexity index is 761. The van der Waals surface area contributed by atoms with Gasteiger partial charge in [0.1, 0.15) is 17.7 Å². The van der Waals surface area contributed by atoms with Crippen molar-refractivity contribution in [1.82, 2.24) is 10.3 Å². The zero-order chi connectivity index (χ0) is 19.1. The van der Waals surface area contributed by atoms with Crippen molar-refractivity contribution in [2.75, 3.05) is 14.2 Å². The van der Waals surface area contributed by atoms with Crippen molar-refractivity contribution in [2.24, 2.45) is 0 Å². The summed E-state index contributed by atoms with van der Waals surface area (Å²) in [5.41, 5.74) is 0.841. The van der Waals surface area contributed by atoms with E-state index in [1.165, 1.54) is 20.4 Å². The third kappa shape index (κ3) is 5.51. The van der Waals surface area contributed by atoms with Crippen LogP contribution in [0.2, 0.25) is 0 Å². The van der Waals surface area contributed by atoms with Crippen LogP contribution >= 0.6 is 0 Å². The van der Waals surface area contributed by atoms with Crippen LogP contribution in [-0.2, 0) is 27.2 Å². The molecule has 0 aliphatic heterocycles. The third-order valence-electron chi connectivity index (χ3n) is 3.55. The zero-order valence-corrected chi connectivity index (χ0v) is 14.3. The van der Waals surface area contributed by atoms with Crippen molar-refractivity contribution in [1.29, 1.82) is 0 Å². The van der Waals surface area contributed by atoms with Crippen molar-refractivity contribution in [3.05, 3.63) is 59.3 Å². The normalized spacial score (nSPS) is 11.5. The van der Waals surface area contributed by atoms with Crippen LogP contribution in [0.4, 0.5) is 8.78 Å². The van der Waals surface area contributed by atoms with Gasteiger partial charge in [0.25, 0.3) is 0 Å². The molecule has 0 spiro atoms. The molecule has 1 amide bonds. The molecule has 0 aliphatic rings. The maximum atomic E-state index is 13.2. The SMILES string of the molecule is COC(=O)[C@H](Cc1ccc(OC)nc1)NC(=O)Cc1cc(F)cc(F)c1. The maximum absolute atomic E-state index is 13.2. The highest BCUT2D eigenvalue weighted by molar-refractivity contribution is 5.85. The monoisotopic (exact) mass is 364 g/mol. The number of nitrogens with zero attached hydrogens (tertiary/aromatic N) is 1. The molecule has 0 unspecified atom stereocenters. The van der Waals surface area contributed by atoms with Crippen LogP contribution in [0, 0.1) is 11.6 Å². The van der Waals surface area contributed by atoms with Gasteiger partial charge >= 0.3 is 5.97 Å². The number of hydrogen-bond donors (Lipinski definition) is 1. The number of aromatic nitrogens is 1. The van der Waals surface area contributed by atoms with Crippen LogP contribution in [0.3, 0.4) is 0 Å². The fourth-order valence-electron chi connectivity index (χ4n) is 2.37. The highest BCUT2D eigenvalue weighted by Crippen LogP contribution is 2.11. The number of benzene rings is 1. The Balaban J connectivity index is 2.06. The molecule has 0 aliphatic carbocycles. The van der Waals surface area contributed by atoms with E-state index >= 15 is 0 Å². The smallest absolute Gasteiger partial charge is 0.328 e. The molecular weight excluding hydrogens is 346 g/mol. The zero-order valence-electron chi connectivity index (χ0n) is 14.3. The lowest BCUT2D eigenvalue weighted by molar-refractivity contribution is -0.145. The Labute approximate surface area is 149 Å². The predicted molar refractivity (Wildman–Crippen MR) is 88.5 cm³/mol. The highest BCUT2D eigenvalue weighted by atomic mass is 19.1. The second kappa shape index (κ2) is 8.89. The fourth-order valence-corrected chi connectivity index (χ4v) is 2.37. The molecule has 8 heteroatoms. The first-order valence-corrected chi connectivity index (χ1v) is 7.72. The lowest BCUT2D eigenvalue weighted by atomic mass is 10.1. The molecule has 0 fully saturated rings. The molecule has 1 N–H and O–H groups in total. The first-order valence-electron chi connectivity index (χ1n) is 7.72. The van der Waals surface area contributed by atoms with Crippen LogP contribution < -0.4 is 10.1 Å². The van der Waals surface area contributed by atoms with Crippen molar-refractivity contribution < 1.29 is 27.8 Å². The molecule has 1 atom stereocenters. The summed E-state index contributed by atoms with van der Waals surface area (Å²) in [6.07, 6.45) is 1.39. The molecule has 0 saturated heterocycles. The number of nitrogens with one attached hydrogen (secondary N) is 1. The van der Waals surface area contributed by atoms with E-state index in [9.17, 15) is 18.4 Å². The van der Waals surface area contributed by atoms with Crippen LogP contribution in [0.15, 0.2) is 36.5 Å². The van der Waals surface area contributed by atoms with Gasteiger partial charge in [0.05, 0.1) is 20.6 Å². The minimum absolute atomic E-state index is 0.146. The van der Waals surface area contributed by atoms with Crippen molar-refractivity contribution in [3.8, 4) is 5.88 Å². The van der Waals surface area contributed by atoms with Crippen molar-refractivity contribution >= 4 is 11.9 Å². The van der Waals surface area contributed by atoms with Gasteiger partial charge in [-0.2, -0.15) is 0 Å². The minimum atomic E-state index is -0.957. The molecule has 0 radical (unpaired) electrons. The van der Waals surface area contributed by atoms with E-state index in [1.54, 1.807) is 12.1 Å². The number of halogens is 2. The number of ether oxygens (including phenoxy) is 2. The molecule has 26 heavy (non-hydrogen) atoms. The van der Waals surface area contributed by atoms with Crippen LogP contribution in [0.1, 0.15) is 11.1 Å². The molecule has 0 saturated carbocycles. The summed E-state index contributed by atoms with van der Waals surface area (Å²) in [6, 6.07) is 5.21. The van der Waals surface area contributed by atoms with Gasteiger partial charge in [-0.1, -0.05) is 6.07 Å². The predicted octanol–water partition coefficient (Wildman–Crippen LogP) is 1.81. The molecule has 138 valence electrons. The van der Waals surface area contributed by atoms with E-state index < -0.39 is 29.6 Å². The standard InChI is InChI=1S/C18H18F2N2O4/c1-25-17-4-3-11(10-21-17)7-15(18(24)26-2)22-16(23)8-12-5-13(19)9-14(20)6-12/h3-6,9-10,15H,7-8H2,1-2H3,(H,22,23)/t15-/m0/s1. The lowest BCUT2D eigenvalue weighted by Crippen LogP contribution is -2.43. The second-order valence-corrected chi connectivity index (χ2v) is 5.51. The summed E-state index contributed by atoms with van der Waals surface area (Å²) >= 11 is 0. The molecule has 2 rings (SSSR count). The summed E-state index contributed by atoms with van der Waals surface area (Å²) in [4.78, 5) is 28.1. The largest absolute Gasteiger partial charge is 0.481 e. The summed E-state index contributed by atoms with van der Waals surface area (Å²) < 4.78 is 36.1. The van der Waals surface area contributed by atoms with E-state index in [0.717, 1.165) is 18.2 Å². The number of hydrogen-bond acceptors (Lipinski definition) is 5. The Hall–Kier alpha value is -3.03. The van der Waals surface area contributed by atoms with Crippen LogP contribution in [-0.4, -0.2) is 37.1 Å². The van der Waals surface area contributed by atoms with E-state index in [-0.39, 0.29) is 18.4 Å². The highest BCUT2D eigenvalue weighted by Gasteiger charge is 2.22. The minimum Gasteiger partial charge on any atom is -0.481 e. The van der Waals surface area contributed by atoms with Gasteiger partial charge in [-0.05, 0) is 23.3 Å². The number of pyridine rings is 1. The summed E-state index contributed by atoms with van der Waals surface area (Å²) in [5.74, 6) is -2.34. The number of carbonyl (C=O) groups is 2. The van der Waals surface area contributed by atoms with Gasteiger partial charge in [0, 0.05) is 24.8 Å². The molecule has 1 aromatic carbocycles. The number of methoxy groups -OCH3 is 2. The molecule has 1 aromatic heterocycles. The van der Waals surface area contributed by atoms with E-state index in [4.69, 9.17) is 9.47 Å². The molecule has 6 nitrogen and oxygen atoms in total. The first-order chi connectivity index (χ1) is 12.4. The molecule has 2 aromatic rings. The van der Waals surface area contributed by atoms with E-state index in [0.29, 0.717) is 11.4 Å². The van der Waals surface area contributed by atoms with Gasteiger partial charge < -0.3 is 14.8 Å². The molecular formula is C18H18F2N2O4. The van der Waals surface area contributed by atoms with Crippen molar-refractivity contribution in [3.63, 3.8) is 0 Å². The Morgan fingerprint density at radius 2 is 1.81 bits per heavy atom. The average molecular weight is 364 g/mol. The summed E-state index contributed by atoms with van der Waals surface area (Å²) in [6.45, 7) is 0. The topological polar surface area (TPSA) is 77.5 Å². The van der Waals surface area contributed by atoms with Gasteiger partial charge in [-0.15, -0.1) is 0 Å². The van der Waals surface area contributed by atoms with E-state index in [2.05, 4.69) is 10.3 Å². The van der Waals surface area contributed by atoms with Gasteiger partial charge in [-0.3, -0.25) is 4.79 Å². The number of rotatable bonds is 7. The fraction of sp³-hybridized carbons (Fsp3) is 0.278. The van der Waals surface area contributed by atoms with Gasteiger partial charge in [-0.25, -0.2) is 18.6 Å². The number of carbonyl (C=O) groups excluding carboxylic acids is 2. The third-order valence-corrected chi connectivity index (χ3v) is 3.55. The Kier molecular flexibility index (Phi) is 6.60. The maximum Gasteiger partial charge on any atom is 0.328 e. The van der Waals surface area contributed by atoms with Gasteiger partial charge in [0.2, 0.25) is 11.8 Å². The Morgan fingerprint density at radius 1 is 1.12 bits per heavy atom. The number of esters is 1.